The Labute approximate surface area is 125 Å². The van der Waals surface area contributed by atoms with E-state index in [1.807, 2.05) is 18.5 Å². The largest absolute Gasteiger partial charge is 0.277 e. The number of pyridine rings is 1. The third kappa shape index (κ3) is 3.14. The van der Waals surface area contributed by atoms with Gasteiger partial charge in [0, 0.05) is 42.1 Å². The Balaban J connectivity index is 1.70. The summed E-state index contributed by atoms with van der Waals surface area (Å²) in [5.74, 6) is 0. The monoisotopic (exact) mass is 285 g/mol. The highest BCUT2D eigenvalue weighted by atomic mass is 15.5. The fraction of sp³-hybridized carbons (Fsp3) is 0.500. The Morgan fingerprint density at radius 3 is 2.81 bits per heavy atom. The zero-order valence-electron chi connectivity index (χ0n) is 12.7. The summed E-state index contributed by atoms with van der Waals surface area (Å²) in [5.41, 5.74) is 6.89. The van der Waals surface area contributed by atoms with Crippen LogP contribution >= 0.6 is 0 Å². The predicted octanol–water partition coefficient (Wildman–Crippen LogP) is 2.74. The maximum Gasteiger partial charge on any atom is 0.0711 e. The fourth-order valence-corrected chi connectivity index (χ4v) is 3.12. The van der Waals surface area contributed by atoms with E-state index in [0.29, 0.717) is 12.1 Å². The molecular weight excluding hydrogens is 262 g/mol. The molecule has 0 saturated carbocycles. The first kappa shape index (κ1) is 14.2. The Morgan fingerprint density at radius 2 is 2.10 bits per heavy atom. The zero-order valence-corrected chi connectivity index (χ0v) is 12.7. The molecule has 5 nitrogen and oxygen atoms in total. The van der Waals surface area contributed by atoms with Gasteiger partial charge >= 0.3 is 0 Å². The van der Waals surface area contributed by atoms with Crippen molar-refractivity contribution >= 4 is 0 Å². The van der Waals surface area contributed by atoms with E-state index in [1.165, 1.54) is 24.8 Å². The summed E-state index contributed by atoms with van der Waals surface area (Å²) in [6.45, 7) is 5.37. The van der Waals surface area contributed by atoms with Crippen LogP contribution in [0, 0.1) is 0 Å². The highest BCUT2D eigenvalue weighted by molar-refractivity contribution is 5.61. The molecule has 1 aliphatic rings. The van der Waals surface area contributed by atoms with Gasteiger partial charge in [-0.2, -0.15) is 5.10 Å². The van der Waals surface area contributed by atoms with Gasteiger partial charge in [0.15, 0.2) is 0 Å². The number of piperidine rings is 1. The first-order valence-corrected chi connectivity index (χ1v) is 7.70. The van der Waals surface area contributed by atoms with Gasteiger partial charge in [-0.1, -0.05) is 6.42 Å². The van der Waals surface area contributed by atoms with E-state index < -0.39 is 0 Å². The third-order valence-electron chi connectivity index (χ3n) is 4.31. The number of hydrogen-bond acceptors (Lipinski definition) is 4. The van der Waals surface area contributed by atoms with Crippen molar-refractivity contribution in [3.05, 3.63) is 36.3 Å². The summed E-state index contributed by atoms with van der Waals surface area (Å²) in [6, 6.07) is 5.17. The van der Waals surface area contributed by atoms with Gasteiger partial charge in [-0.25, -0.2) is 5.01 Å². The van der Waals surface area contributed by atoms with Crippen molar-refractivity contribution in [1.82, 2.24) is 25.6 Å². The lowest BCUT2D eigenvalue weighted by atomic mass is 10.00. The van der Waals surface area contributed by atoms with Crippen molar-refractivity contribution < 1.29 is 0 Å². The van der Waals surface area contributed by atoms with Crippen LogP contribution in [-0.2, 0) is 6.54 Å². The van der Waals surface area contributed by atoms with Crippen molar-refractivity contribution in [2.75, 3.05) is 0 Å². The summed E-state index contributed by atoms with van der Waals surface area (Å²) < 4.78 is 0. The molecule has 2 aromatic rings. The van der Waals surface area contributed by atoms with Crippen LogP contribution in [0.1, 0.15) is 38.7 Å². The molecule has 2 unspecified atom stereocenters. The Kier molecular flexibility index (Phi) is 4.31. The minimum Gasteiger partial charge on any atom is -0.277 e. The minimum atomic E-state index is 0.586. The Morgan fingerprint density at radius 1 is 1.29 bits per heavy atom. The molecule has 112 valence electrons. The number of aromatic nitrogens is 3. The van der Waals surface area contributed by atoms with Crippen LogP contribution < -0.4 is 5.43 Å². The van der Waals surface area contributed by atoms with Crippen molar-refractivity contribution in [3.63, 3.8) is 0 Å². The second-order valence-corrected chi connectivity index (χ2v) is 5.88. The molecule has 1 fully saturated rings. The minimum absolute atomic E-state index is 0.586. The average Bonchev–Trinajstić information content (AvgIpc) is 2.96. The molecule has 0 amide bonds. The molecule has 2 aromatic heterocycles. The summed E-state index contributed by atoms with van der Waals surface area (Å²) in [6.07, 6.45) is 9.40. The van der Waals surface area contributed by atoms with E-state index in [4.69, 9.17) is 0 Å². The number of H-pyrrole nitrogens is 1. The van der Waals surface area contributed by atoms with Crippen molar-refractivity contribution in [1.29, 1.82) is 0 Å². The molecule has 0 radical (unpaired) electrons. The van der Waals surface area contributed by atoms with Gasteiger partial charge in [0.2, 0.25) is 0 Å². The second kappa shape index (κ2) is 6.37. The predicted molar refractivity (Wildman–Crippen MR) is 83.3 cm³/mol. The lowest BCUT2D eigenvalue weighted by Crippen LogP contribution is -2.51. The topological polar surface area (TPSA) is 56.8 Å². The molecule has 21 heavy (non-hydrogen) atoms. The molecule has 2 atom stereocenters. The van der Waals surface area contributed by atoms with Gasteiger partial charge in [-0.15, -0.1) is 0 Å². The Hall–Kier alpha value is -1.72. The van der Waals surface area contributed by atoms with Crippen molar-refractivity contribution in [3.8, 4) is 11.3 Å². The SMILES string of the molecule is CC1CCCC(C)N1NCc1cn[nH]c1-c1cccnc1. The fourth-order valence-electron chi connectivity index (χ4n) is 3.12. The second-order valence-electron chi connectivity index (χ2n) is 5.88. The highest BCUT2D eigenvalue weighted by Crippen LogP contribution is 2.22. The quantitative estimate of drug-likeness (QED) is 0.907. The number of hydrogen-bond donors (Lipinski definition) is 2. The number of aromatic amines is 1. The summed E-state index contributed by atoms with van der Waals surface area (Å²) in [5, 5.41) is 9.67. The van der Waals surface area contributed by atoms with E-state index >= 15 is 0 Å². The van der Waals surface area contributed by atoms with Gasteiger partial charge in [-0.3, -0.25) is 15.5 Å². The number of hydrazine groups is 1. The number of nitrogens with one attached hydrogen (secondary N) is 2. The van der Waals surface area contributed by atoms with E-state index in [-0.39, 0.29) is 0 Å². The van der Waals surface area contributed by atoms with Crippen LogP contribution in [0.5, 0.6) is 0 Å². The molecule has 0 aliphatic carbocycles. The standard InChI is InChI=1S/C16H23N5/c1-12-5-3-6-13(2)21(12)19-11-15-10-18-20-16(15)14-7-4-8-17-9-14/h4,7-10,12-13,19H,3,5-6,11H2,1-2H3,(H,18,20). The van der Waals surface area contributed by atoms with E-state index in [1.54, 1.807) is 6.20 Å². The molecule has 1 aliphatic heterocycles. The van der Waals surface area contributed by atoms with Crippen molar-refractivity contribution in [2.45, 2.75) is 51.7 Å². The lowest BCUT2D eigenvalue weighted by molar-refractivity contribution is 0.0436. The summed E-state index contributed by atoms with van der Waals surface area (Å²) >= 11 is 0. The zero-order chi connectivity index (χ0) is 14.7. The average molecular weight is 285 g/mol. The maximum atomic E-state index is 4.19. The Bertz CT molecular complexity index is 555. The molecular formula is C16H23N5. The first-order chi connectivity index (χ1) is 10.3. The molecule has 3 heterocycles. The van der Waals surface area contributed by atoms with Crippen LogP contribution in [0.4, 0.5) is 0 Å². The molecule has 5 heteroatoms. The van der Waals surface area contributed by atoms with Gasteiger partial charge in [0.05, 0.1) is 11.9 Å². The number of nitrogens with zero attached hydrogens (tertiary/aromatic N) is 3. The van der Waals surface area contributed by atoms with E-state index in [9.17, 15) is 0 Å². The molecule has 0 spiro atoms. The molecule has 0 bridgehead atoms. The lowest BCUT2D eigenvalue weighted by Gasteiger charge is -2.39. The van der Waals surface area contributed by atoms with Crippen LogP contribution in [0.15, 0.2) is 30.7 Å². The summed E-state index contributed by atoms with van der Waals surface area (Å²) in [7, 11) is 0. The normalized spacial score (nSPS) is 23.3. The highest BCUT2D eigenvalue weighted by Gasteiger charge is 2.24. The van der Waals surface area contributed by atoms with Crippen LogP contribution in [-0.4, -0.2) is 32.3 Å². The summed E-state index contributed by atoms with van der Waals surface area (Å²) in [4.78, 5) is 4.18. The molecule has 2 N–H and O–H groups in total. The van der Waals surface area contributed by atoms with Crippen LogP contribution in [0.25, 0.3) is 11.3 Å². The number of rotatable bonds is 4. The molecule has 1 saturated heterocycles. The third-order valence-corrected chi connectivity index (χ3v) is 4.31. The first-order valence-electron chi connectivity index (χ1n) is 7.70. The van der Waals surface area contributed by atoms with Crippen LogP contribution in [0.2, 0.25) is 0 Å². The molecule has 3 rings (SSSR count). The van der Waals surface area contributed by atoms with Crippen molar-refractivity contribution in [2.24, 2.45) is 0 Å². The smallest absolute Gasteiger partial charge is 0.0711 e. The van der Waals surface area contributed by atoms with Gasteiger partial charge in [-0.05, 0) is 38.8 Å². The van der Waals surface area contributed by atoms with E-state index in [2.05, 4.69) is 45.5 Å². The van der Waals surface area contributed by atoms with E-state index in [0.717, 1.165) is 17.8 Å². The van der Waals surface area contributed by atoms with Gasteiger partial charge < -0.3 is 0 Å². The molecule has 0 aromatic carbocycles. The maximum absolute atomic E-state index is 4.19. The van der Waals surface area contributed by atoms with Gasteiger partial charge in [0.1, 0.15) is 0 Å². The van der Waals surface area contributed by atoms with Crippen LogP contribution in [0.3, 0.4) is 0 Å². The van der Waals surface area contributed by atoms with Gasteiger partial charge in [0.25, 0.3) is 0 Å².